The van der Waals surface area contributed by atoms with Crippen molar-refractivity contribution in [3.63, 3.8) is 0 Å². The summed E-state index contributed by atoms with van der Waals surface area (Å²) in [6.07, 6.45) is 3.61. The highest BCUT2D eigenvalue weighted by molar-refractivity contribution is 14.2. The van der Waals surface area contributed by atoms with E-state index in [0.29, 0.717) is 6.42 Å². The van der Waals surface area contributed by atoms with Crippen LogP contribution < -0.4 is 0 Å². The minimum atomic E-state index is -0.613. The van der Waals surface area contributed by atoms with Crippen molar-refractivity contribution in [3.05, 3.63) is 54.1 Å². The summed E-state index contributed by atoms with van der Waals surface area (Å²) in [5.41, 5.74) is 0.948. The minimum absolute atomic E-state index is 0.00654. The van der Waals surface area contributed by atoms with Gasteiger partial charge in [-0.25, -0.2) is 4.79 Å². The maximum atomic E-state index is 11.9. The average Bonchev–Trinajstić information content (AvgIpc) is 2.53. The van der Waals surface area contributed by atoms with Gasteiger partial charge >= 0.3 is 5.97 Å². The molecule has 2 aromatic carbocycles. The molecule has 0 spiro atoms. The number of aliphatic hydroxyl groups is 1. The number of carbonyl (C=O) groups excluding carboxylic acids is 1. The van der Waals surface area contributed by atoms with Crippen LogP contribution in [0.1, 0.15) is 18.9 Å². The highest BCUT2D eigenvalue weighted by Gasteiger charge is 2.24. The number of benzene rings is 2. The van der Waals surface area contributed by atoms with Crippen molar-refractivity contribution >= 4 is 48.1 Å². The molecule has 2 rings (SSSR count). The normalized spacial score (nSPS) is 14.1. The summed E-state index contributed by atoms with van der Waals surface area (Å²) in [6, 6.07) is 14.1. The molecular formula is C18H19IO3. The molecule has 0 aliphatic rings. The van der Waals surface area contributed by atoms with Crippen LogP contribution in [-0.2, 0) is 9.53 Å². The van der Waals surface area contributed by atoms with Crippen molar-refractivity contribution in [3.8, 4) is 0 Å². The van der Waals surface area contributed by atoms with Gasteiger partial charge in [-0.1, -0.05) is 61.6 Å². The molecule has 0 aliphatic carbocycles. The second-order valence-electron chi connectivity index (χ2n) is 5.07. The highest BCUT2D eigenvalue weighted by atomic mass is 127. The summed E-state index contributed by atoms with van der Waals surface area (Å²) in [6.45, 7) is 1.82. The molecule has 0 amide bonds. The number of esters is 1. The van der Waals surface area contributed by atoms with Gasteiger partial charge < -0.3 is 9.84 Å². The zero-order valence-electron chi connectivity index (χ0n) is 12.5. The lowest BCUT2D eigenvalue weighted by molar-refractivity contribution is -0.143. The van der Waals surface area contributed by atoms with Gasteiger partial charge in [0.05, 0.1) is 0 Å². The molecule has 1 unspecified atom stereocenters. The van der Waals surface area contributed by atoms with Gasteiger partial charge in [0.1, 0.15) is 0 Å². The monoisotopic (exact) mass is 410 g/mol. The Morgan fingerprint density at radius 2 is 2.05 bits per heavy atom. The van der Waals surface area contributed by atoms with Crippen LogP contribution >= 0.6 is 20.7 Å². The van der Waals surface area contributed by atoms with Gasteiger partial charge in [0, 0.05) is 19.1 Å². The lowest BCUT2D eigenvalue weighted by atomic mass is 10.1. The van der Waals surface area contributed by atoms with Crippen molar-refractivity contribution in [2.45, 2.75) is 17.0 Å². The van der Waals surface area contributed by atoms with E-state index in [1.54, 1.807) is 6.08 Å². The Bertz CT molecular complexity index is 708. The molecule has 0 radical (unpaired) electrons. The highest BCUT2D eigenvalue weighted by Crippen LogP contribution is 2.28. The number of hydrogen-bond acceptors (Lipinski definition) is 3. The van der Waals surface area contributed by atoms with Crippen LogP contribution in [0.3, 0.4) is 0 Å². The number of ether oxygens (including phenoxy) is 1. The van der Waals surface area contributed by atoms with Crippen LogP contribution in [0.15, 0.2) is 48.5 Å². The molecule has 3 nitrogen and oxygen atoms in total. The minimum Gasteiger partial charge on any atom is -0.446 e. The van der Waals surface area contributed by atoms with Gasteiger partial charge in [-0.3, -0.25) is 0 Å². The van der Waals surface area contributed by atoms with Crippen LogP contribution in [0.5, 0.6) is 0 Å². The Hall–Kier alpha value is -1.53. The fourth-order valence-electron chi connectivity index (χ4n) is 2.06. The van der Waals surface area contributed by atoms with Crippen molar-refractivity contribution in [1.82, 2.24) is 0 Å². The van der Waals surface area contributed by atoms with Crippen LogP contribution in [0.25, 0.3) is 16.8 Å². The average molecular weight is 410 g/mol. The summed E-state index contributed by atoms with van der Waals surface area (Å²) in [7, 11) is 0. The van der Waals surface area contributed by atoms with Crippen LogP contribution in [0.4, 0.5) is 0 Å². The fourth-order valence-corrected chi connectivity index (χ4v) is 3.06. The molecule has 0 aliphatic heterocycles. The predicted octanol–water partition coefficient (Wildman–Crippen LogP) is 3.90. The standard InChI is InChI=1S/C18H19IO3/c1-18(19-2,11-12-20)22-17(21)10-8-14-7-9-15-5-3-4-6-16(15)13-14/h3-10,13,20H,2,11-12H2,1H3/b10-8+. The quantitative estimate of drug-likeness (QED) is 0.340. The number of rotatable bonds is 6. The van der Waals surface area contributed by atoms with E-state index in [1.807, 2.05) is 43.3 Å². The molecule has 4 heteroatoms. The van der Waals surface area contributed by atoms with E-state index in [2.05, 4.69) is 10.6 Å². The molecule has 0 aromatic heterocycles. The molecule has 0 bridgehead atoms. The molecule has 0 fully saturated rings. The maximum Gasteiger partial charge on any atom is 0.332 e. The van der Waals surface area contributed by atoms with E-state index in [-0.39, 0.29) is 6.61 Å². The lowest BCUT2D eigenvalue weighted by Crippen LogP contribution is -2.25. The number of aliphatic hydroxyl groups excluding tert-OH is 1. The number of carbonyl (C=O) groups is 1. The summed E-state index contributed by atoms with van der Waals surface area (Å²) < 4.78 is 8.70. The Morgan fingerprint density at radius 3 is 2.73 bits per heavy atom. The Balaban J connectivity index is 2.09. The van der Waals surface area contributed by atoms with Gasteiger partial charge in [0.15, 0.2) is 3.61 Å². The second kappa shape index (κ2) is 7.65. The first-order chi connectivity index (χ1) is 10.6. The molecule has 1 N–H and O–H groups in total. The van der Waals surface area contributed by atoms with Crippen LogP contribution in [0.2, 0.25) is 0 Å². The third kappa shape index (κ3) is 4.48. The molecule has 1 atom stereocenters. The summed E-state index contributed by atoms with van der Waals surface area (Å²) in [5.74, 6) is -0.396. The third-order valence-electron chi connectivity index (χ3n) is 3.34. The smallest absolute Gasteiger partial charge is 0.332 e. The lowest BCUT2D eigenvalue weighted by Gasteiger charge is -2.23. The molecule has 2 aromatic rings. The largest absolute Gasteiger partial charge is 0.446 e. The maximum absolute atomic E-state index is 11.9. The summed E-state index contributed by atoms with van der Waals surface area (Å²) >= 11 is -0.560. The number of fused-ring (bicyclic) bond motifs is 1. The molecule has 0 heterocycles. The number of alkyl halides is 1. The van der Waals surface area contributed by atoms with Gasteiger partial charge in [0.2, 0.25) is 0 Å². The van der Waals surface area contributed by atoms with Crippen LogP contribution in [0, 0.1) is 0 Å². The molecule has 0 saturated carbocycles. The third-order valence-corrected chi connectivity index (χ3v) is 5.71. The Kier molecular flexibility index (Phi) is 5.85. The van der Waals surface area contributed by atoms with E-state index < -0.39 is 30.3 Å². The van der Waals surface area contributed by atoms with Crippen molar-refractivity contribution in [2.75, 3.05) is 6.61 Å². The SMILES string of the molecule is C=IC(C)(CCO)OC(=O)/C=C/c1ccc2ccccc2c1. The summed E-state index contributed by atoms with van der Waals surface area (Å²) in [4.78, 5) is 11.9. The molecule has 22 heavy (non-hydrogen) atoms. The van der Waals surface area contributed by atoms with E-state index in [1.165, 1.54) is 11.5 Å². The first kappa shape index (κ1) is 16.8. The Labute approximate surface area is 140 Å². The van der Waals surface area contributed by atoms with E-state index >= 15 is 0 Å². The van der Waals surface area contributed by atoms with E-state index in [4.69, 9.17) is 9.84 Å². The Morgan fingerprint density at radius 1 is 1.32 bits per heavy atom. The zero-order valence-corrected chi connectivity index (χ0v) is 14.6. The van der Waals surface area contributed by atoms with Crippen molar-refractivity contribution in [2.24, 2.45) is 0 Å². The molecule has 0 saturated heterocycles. The molecule has 116 valence electrons. The van der Waals surface area contributed by atoms with Crippen molar-refractivity contribution < 1.29 is 14.6 Å². The second-order valence-corrected chi connectivity index (χ2v) is 8.11. The van der Waals surface area contributed by atoms with Gasteiger partial charge in [-0.2, -0.15) is 0 Å². The number of halogens is 1. The molecular weight excluding hydrogens is 391 g/mol. The van der Waals surface area contributed by atoms with Gasteiger partial charge in [0.25, 0.3) is 0 Å². The topological polar surface area (TPSA) is 46.5 Å². The van der Waals surface area contributed by atoms with Crippen molar-refractivity contribution in [1.29, 1.82) is 0 Å². The predicted molar refractivity (Wildman–Crippen MR) is 100 cm³/mol. The fraction of sp³-hybridized carbons (Fsp3) is 0.222. The van der Waals surface area contributed by atoms with E-state index in [0.717, 1.165) is 10.9 Å². The van der Waals surface area contributed by atoms with Crippen LogP contribution in [-0.4, -0.2) is 25.8 Å². The number of hydrogen-bond donors (Lipinski definition) is 1. The van der Waals surface area contributed by atoms with Gasteiger partial charge in [-0.15, -0.1) is 0 Å². The van der Waals surface area contributed by atoms with Gasteiger partial charge in [-0.05, 0) is 35.4 Å². The van der Waals surface area contributed by atoms with E-state index in [9.17, 15) is 4.79 Å². The summed E-state index contributed by atoms with van der Waals surface area (Å²) in [5, 5.41) is 11.3. The first-order valence-electron chi connectivity index (χ1n) is 6.96. The zero-order chi connectivity index (χ0) is 16.0. The first-order valence-corrected chi connectivity index (χ1v) is 9.57.